The molecule has 0 bridgehead atoms. The normalized spacial score (nSPS) is 19.0. The summed E-state index contributed by atoms with van der Waals surface area (Å²) >= 11 is 6.05. The number of nitrogens with one attached hydrogen (secondary N) is 1. The second-order valence-corrected chi connectivity index (χ2v) is 9.62. The summed E-state index contributed by atoms with van der Waals surface area (Å²) < 4.78 is 19.1. The molecule has 1 aliphatic rings. The molecule has 7 heteroatoms. The van der Waals surface area contributed by atoms with Crippen molar-refractivity contribution in [3.8, 4) is 0 Å². The van der Waals surface area contributed by atoms with Gasteiger partial charge in [-0.15, -0.1) is 12.4 Å². The molecule has 1 aliphatic carbocycles. The molecule has 1 saturated carbocycles. The van der Waals surface area contributed by atoms with E-state index in [-0.39, 0.29) is 29.9 Å². The predicted octanol–water partition coefficient (Wildman–Crippen LogP) is 7.72. The maximum absolute atomic E-state index is 13.8. The fourth-order valence-electron chi connectivity index (χ4n) is 5.29. The third kappa shape index (κ3) is 5.21. The van der Waals surface area contributed by atoms with E-state index in [2.05, 4.69) is 23.3 Å². The zero-order valence-electron chi connectivity index (χ0n) is 18.9. The van der Waals surface area contributed by atoms with Crippen LogP contribution in [0.15, 0.2) is 63.9 Å². The monoisotopic (exact) mass is 500 g/mol. The molecule has 1 atom stereocenters. The van der Waals surface area contributed by atoms with Crippen LogP contribution in [0.2, 0.25) is 5.02 Å². The second-order valence-electron chi connectivity index (χ2n) is 9.18. The van der Waals surface area contributed by atoms with Gasteiger partial charge in [0.2, 0.25) is 0 Å². The van der Waals surface area contributed by atoms with E-state index in [4.69, 9.17) is 16.0 Å². The smallest absolute Gasteiger partial charge is 0.338 e. The van der Waals surface area contributed by atoms with Gasteiger partial charge in [-0.05, 0) is 92.8 Å². The van der Waals surface area contributed by atoms with Crippen LogP contribution in [0.4, 0.5) is 10.1 Å². The lowest BCUT2D eigenvalue weighted by Crippen LogP contribution is -2.23. The molecule has 0 saturated heterocycles. The van der Waals surface area contributed by atoms with E-state index >= 15 is 0 Å². The lowest BCUT2D eigenvalue weighted by molar-refractivity contribution is 0.302. The maximum atomic E-state index is 13.8. The topological polar surface area (TPSA) is 55.1 Å². The van der Waals surface area contributed by atoms with E-state index in [0.29, 0.717) is 22.4 Å². The molecule has 0 radical (unpaired) electrons. The van der Waals surface area contributed by atoms with Crippen molar-refractivity contribution in [2.75, 3.05) is 5.32 Å². The molecule has 4 aromatic rings. The third-order valence-electron chi connectivity index (χ3n) is 6.82. The Balaban J connectivity index is 0.00000274. The van der Waals surface area contributed by atoms with Crippen molar-refractivity contribution in [2.45, 2.75) is 51.0 Å². The highest BCUT2D eigenvalue weighted by atomic mass is 35.5. The lowest BCUT2D eigenvalue weighted by Gasteiger charge is -2.31. The van der Waals surface area contributed by atoms with Gasteiger partial charge < -0.3 is 9.73 Å². The number of aromatic nitrogens is 1. The summed E-state index contributed by atoms with van der Waals surface area (Å²) in [5.41, 5.74) is 2.96. The van der Waals surface area contributed by atoms with Crippen molar-refractivity contribution in [2.24, 2.45) is 5.92 Å². The lowest BCUT2D eigenvalue weighted by atomic mass is 9.76. The molecule has 1 N–H and O–H groups in total. The summed E-state index contributed by atoms with van der Waals surface area (Å²) in [5, 5.41) is 5.84. The van der Waals surface area contributed by atoms with Crippen LogP contribution in [0.25, 0.3) is 21.9 Å². The molecule has 2 aromatic heterocycles. The van der Waals surface area contributed by atoms with Gasteiger partial charge >= 0.3 is 5.63 Å². The number of fused-ring (bicyclic) bond motifs is 2. The van der Waals surface area contributed by atoms with Crippen molar-refractivity contribution in [1.29, 1.82) is 0 Å². The minimum absolute atomic E-state index is 0. The molecule has 178 valence electrons. The zero-order chi connectivity index (χ0) is 22.9. The number of hydrogen-bond acceptors (Lipinski definition) is 4. The Hall–Kier alpha value is -2.63. The van der Waals surface area contributed by atoms with E-state index in [1.165, 1.54) is 17.7 Å². The zero-order valence-corrected chi connectivity index (χ0v) is 20.5. The molecule has 1 fully saturated rings. The SMILES string of the molecule is CC(C[C@H]1CC[C@H](c2ccnc3ccc(F)cc32)CC1)Nc1cc(=O)oc2cc(Cl)ccc12.Cl. The molecule has 2 heterocycles. The van der Waals surface area contributed by atoms with Gasteiger partial charge in [0.05, 0.1) is 11.2 Å². The highest BCUT2D eigenvalue weighted by Crippen LogP contribution is 2.40. The Labute approximate surface area is 208 Å². The first-order chi connectivity index (χ1) is 16.0. The van der Waals surface area contributed by atoms with Gasteiger partial charge in [0.15, 0.2) is 0 Å². The van der Waals surface area contributed by atoms with Gasteiger partial charge in [0, 0.05) is 40.2 Å². The fraction of sp³-hybridized carbons (Fsp3) is 0.333. The third-order valence-corrected chi connectivity index (χ3v) is 7.05. The summed E-state index contributed by atoms with van der Waals surface area (Å²) in [6, 6.07) is 14.0. The maximum Gasteiger partial charge on any atom is 0.338 e. The van der Waals surface area contributed by atoms with Crippen molar-refractivity contribution < 1.29 is 8.81 Å². The van der Waals surface area contributed by atoms with Gasteiger partial charge in [0.25, 0.3) is 0 Å². The molecule has 5 rings (SSSR count). The van der Waals surface area contributed by atoms with Crippen molar-refractivity contribution in [3.63, 3.8) is 0 Å². The van der Waals surface area contributed by atoms with E-state index in [0.717, 1.165) is 54.1 Å². The van der Waals surface area contributed by atoms with Crippen LogP contribution in [0.3, 0.4) is 0 Å². The van der Waals surface area contributed by atoms with Crippen LogP contribution in [0.5, 0.6) is 0 Å². The van der Waals surface area contributed by atoms with Gasteiger partial charge in [-0.3, -0.25) is 4.98 Å². The van der Waals surface area contributed by atoms with Crippen LogP contribution in [0, 0.1) is 11.7 Å². The molecule has 0 amide bonds. The number of nitrogens with zero attached hydrogens (tertiary/aromatic N) is 1. The number of hydrogen-bond donors (Lipinski definition) is 1. The van der Waals surface area contributed by atoms with Crippen LogP contribution in [0.1, 0.15) is 50.5 Å². The average molecular weight is 501 g/mol. The predicted molar refractivity (Wildman–Crippen MR) is 139 cm³/mol. The van der Waals surface area contributed by atoms with Crippen LogP contribution in [-0.4, -0.2) is 11.0 Å². The Morgan fingerprint density at radius 1 is 1.09 bits per heavy atom. The summed E-state index contributed by atoms with van der Waals surface area (Å²) in [6.07, 6.45) is 7.29. The second kappa shape index (κ2) is 10.3. The highest BCUT2D eigenvalue weighted by Gasteiger charge is 2.25. The quantitative estimate of drug-likeness (QED) is 0.285. The first-order valence-corrected chi connectivity index (χ1v) is 11.9. The van der Waals surface area contributed by atoms with Gasteiger partial charge in [-0.1, -0.05) is 11.6 Å². The fourth-order valence-corrected chi connectivity index (χ4v) is 5.45. The van der Waals surface area contributed by atoms with Crippen molar-refractivity contribution >= 4 is 51.6 Å². The summed E-state index contributed by atoms with van der Waals surface area (Å²) in [5.74, 6) is 0.828. The van der Waals surface area contributed by atoms with E-state index in [9.17, 15) is 9.18 Å². The number of halogens is 3. The molecule has 4 nitrogen and oxygen atoms in total. The number of rotatable bonds is 5. The van der Waals surface area contributed by atoms with Crippen LogP contribution in [-0.2, 0) is 0 Å². The number of benzene rings is 2. The Morgan fingerprint density at radius 3 is 2.68 bits per heavy atom. The molecule has 34 heavy (non-hydrogen) atoms. The van der Waals surface area contributed by atoms with E-state index in [1.807, 2.05) is 12.3 Å². The van der Waals surface area contributed by atoms with Crippen molar-refractivity contribution in [3.05, 3.63) is 81.6 Å². The average Bonchev–Trinajstić information content (AvgIpc) is 2.78. The summed E-state index contributed by atoms with van der Waals surface area (Å²) in [6.45, 7) is 2.15. The Morgan fingerprint density at radius 2 is 1.88 bits per heavy atom. The standard InChI is InChI=1S/C27H26ClFN2O2.ClH/c1-16(31-25-15-27(32)33-26-13-19(28)6-8-22(25)26)12-17-2-4-18(5-3-17)21-10-11-30-24-9-7-20(29)14-23(21)24;/h6-11,13-18,31H,2-5,12H2,1H3;1H/t16?,17-,18-;. The van der Waals surface area contributed by atoms with Crippen molar-refractivity contribution in [1.82, 2.24) is 4.98 Å². The van der Waals surface area contributed by atoms with E-state index in [1.54, 1.807) is 24.3 Å². The highest BCUT2D eigenvalue weighted by molar-refractivity contribution is 6.31. The summed E-state index contributed by atoms with van der Waals surface area (Å²) in [4.78, 5) is 16.4. The molecular formula is C27H27Cl2FN2O2. The first-order valence-electron chi connectivity index (χ1n) is 11.5. The van der Waals surface area contributed by atoms with Gasteiger partial charge in [0.1, 0.15) is 11.4 Å². The van der Waals surface area contributed by atoms with Crippen LogP contribution >= 0.6 is 24.0 Å². The molecule has 1 unspecified atom stereocenters. The van der Waals surface area contributed by atoms with Gasteiger partial charge in [-0.25, -0.2) is 9.18 Å². The summed E-state index contributed by atoms with van der Waals surface area (Å²) in [7, 11) is 0. The molecule has 0 aliphatic heterocycles. The number of anilines is 1. The van der Waals surface area contributed by atoms with Crippen LogP contribution < -0.4 is 10.9 Å². The minimum Gasteiger partial charge on any atom is -0.423 e. The molecular weight excluding hydrogens is 474 g/mol. The largest absolute Gasteiger partial charge is 0.423 e. The van der Waals surface area contributed by atoms with E-state index < -0.39 is 0 Å². The number of pyridine rings is 1. The van der Waals surface area contributed by atoms with Gasteiger partial charge in [-0.2, -0.15) is 0 Å². The Bertz CT molecular complexity index is 1370. The Kier molecular flexibility index (Phi) is 7.44. The molecule has 0 spiro atoms. The first kappa shape index (κ1) is 24.5. The minimum atomic E-state index is -0.388. The molecule has 2 aromatic carbocycles.